The van der Waals surface area contributed by atoms with Crippen LogP contribution in [0.1, 0.15) is 24.6 Å². The third-order valence-electron chi connectivity index (χ3n) is 4.53. The van der Waals surface area contributed by atoms with E-state index in [0.717, 1.165) is 40.8 Å². The maximum atomic E-state index is 13.2. The molecule has 164 valence electrons. The number of nitrogens with zero attached hydrogens (tertiary/aromatic N) is 3. The molecule has 0 spiro atoms. The lowest BCUT2D eigenvalue weighted by molar-refractivity contribution is 0.241. The van der Waals surface area contributed by atoms with Crippen molar-refractivity contribution in [2.45, 2.75) is 26.3 Å². The Morgan fingerprint density at radius 2 is 2.03 bits per heavy atom. The second-order valence-electron chi connectivity index (χ2n) is 6.77. The Morgan fingerprint density at radius 1 is 1.23 bits per heavy atom. The summed E-state index contributed by atoms with van der Waals surface area (Å²) >= 11 is 1.51. The highest BCUT2D eigenvalue weighted by atomic mass is 32.1. The summed E-state index contributed by atoms with van der Waals surface area (Å²) in [6.07, 6.45) is 2.63. The van der Waals surface area contributed by atoms with E-state index in [9.17, 15) is 9.18 Å². The maximum Gasteiger partial charge on any atom is 0.314 e. The average molecular weight is 444 g/mol. The van der Waals surface area contributed by atoms with E-state index in [4.69, 9.17) is 4.74 Å². The fourth-order valence-corrected chi connectivity index (χ4v) is 3.91. The molecule has 0 aliphatic rings. The molecule has 2 amide bonds. The van der Waals surface area contributed by atoms with E-state index >= 15 is 0 Å². The molecule has 3 rings (SSSR count). The zero-order valence-corrected chi connectivity index (χ0v) is 18.4. The Hall–Kier alpha value is -3.20. The predicted molar refractivity (Wildman–Crippen MR) is 119 cm³/mol. The molecule has 3 aromatic rings. The summed E-state index contributed by atoms with van der Waals surface area (Å²) in [7, 11) is 1.65. The number of benzene rings is 1. The number of methoxy groups -OCH3 is 1. The van der Waals surface area contributed by atoms with Crippen LogP contribution in [0.5, 0.6) is 5.75 Å². The molecule has 0 bridgehead atoms. The van der Waals surface area contributed by atoms with E-state index < -0.39 is 5.82 Å². The standard InChI is InChI=1S/C22H26FN5O2S/c1-3-24-21(29)25-11-4-12-28-18(13-16-5-8-19(30-2)9-6-16)15-31-22(28)27-20-10-7-17(23)14-26-20/h5-10,14-15H,3-4,11-13H2,1-2H3,(H2,24,25,29). The highest BCUT2D eigenvalue weighted by molar-refractivity contribution is 7.07. The maximum absolute atomic E-state index is 13.2. The van der Waals surface area contributed by atoms with Crippen LogP contribution < -0.4 is 20.2 Å². The van der Waals surface area contributed by atoms with Gasteiger partial charge >= 0.3 is 6.03 Å². The molecule has 2 aromatic heterocycles. The Kier molecular flexibility index (Phi) is 8.17. The van der Waals surface area contributed by atoms with Gasteiger partial charge in [-0.15, -0.1) is 11.3 Å². The Bertz CT molecular complexity index is 1050. The number of carbonyl (C=O) groups is 1. The van der Waals surface area contributed by atoms with Gasteiger partial charge in [0.1, 0.15) is 11.6 Å². The van der Waals surface area contributed by atoms with Crippen molar-refractivity contribution in [2.24, 2.45) is 4.99 Å². The number of thiazole rings is 1. The summed E-state index contributed by atoms with van der Waals surface area (Å²) in [6, 6.07) is 10.7. The van der Waals surface area contributed by atoms with Gasteiger partial charge in [0.15, 0.2) is 10.6 Å². The first kappa shape index (κ1) is 22.5. The molecule has 0 atom stereocenters. The van der Waals surface area contributed by atoms with Gasteiger partial charge in [0, 0.05) is 37.1 Å². The van der Waals surface area contributed by atoms with E-state index in [-0.39, 0.29) is 6.03 Å². The lowest BCUT2D eigenvalue weighted by atomic mass is 10.1. The highest BCUT2D eigenvalue weighted by Gasteiger charge is 2.08. The van der Waals surface area contributed by atoms with Crippen LogP contribution in [0.2, 0.25) is 0 Å². The first-order chi connectivity index (χ1) is 15.1. The number of urea groups is 1. The molecule has 7 nitrogen and oxygen atoms in total. The second-order valence-corrected chi connectivity index (χ2v) is 7.61. The van der Waals surface area contributed by atoms with Crippen molar-refractivity contribution < 1.29 is 13.9 Å². The Morgan fingerprint density at radius 3 is 2.71 bits per heavy atom. The number of carbonyl (C=O) groups excluding carboxylic acids is 1. The van der Waals surface area contributed by atoms with Crippen LogP contribution >= 0.6 is 11.3 Å². The molecule has 0 fully saturated rings. The molecular weight excluding hydrogens is 417 g/mol. The molecule has 9 heteroatoms. The Labute approximate surface area is 184 Å². The summed E-state index contributed by atoms with van der Waals surface area (Å²) in [6.45, 7) is 3.70. The third-order valence-corrected chi connectivity index (χ3v) is 5.44. The Balaban J connectivity index is 1.80. The normalized spacial score (nSPS) is 11.4. The quantitative estimate of drug-likeness (QED) is 0.496. The zero-order chi connectivity index (χ0) is 22.1. The van der Waals surface area contributed by atoms with Crippen molar-refractivity contribution in [2.75, 3.05) is 20.2 Å². The van der Waals surface area contributed by atoms with Crippen LogP contribution in [0.3, 0.4) is 0 Å². The molecule has 0 saturated carbocycles. The molecule has 0 unspecified atom stereocenters. The van der Waals surface area contributed by atoms with Crippen LogP contribution in [-0.2, 0) is 13.0 Å². The van der Waals surface area contributed by atoms with Crippen molar-refractivity contribution in [3.05, 3.63) is 69.9 Å². The lowest BCUT2D eigenvalue weighted by Gasteiger charge is -2.11. The van der Waals surface area contributed by atoms with Gasteiger partial charge in [-0.1, -0.05) is 12.1 Å². The molecule has 2 N–H and O–H groups in total. The first-order valence-electron chi connectivity index (χ1n) is 10.1. The van der Waals surface area contributed by atoms with Gasteiger partial charge in [-0.2, -0.15) is 0 Å². The smallest absolute Gasteiger partial charge is 0.314 e. The molecule has 1 aromatic carbocycles. The van der Waals surface area contributed by atoms with Gasteiger partial charge in [-0.05, 0) is 43.2 Å². The fraction of sp³-hybridized carbons (Fsp3) is 0.318. The van der Waals surface area contributed by atoms with Gasteiger partial charge in [0.05, 0.1) is 13.3 Å². The average Bonchev–Trinajstić information content (AvgIpc) is 3.14. The van der Waals surface area contributed by atoms with Gasteiger partial charge in [0.25, 0.3) is 0 Å². The number of hydrogen-bond donors (Lipinski definition) is 2. The molecule has 2 heterocycles. The first-order valence-corrected chi connectivity index (χ1v) is 10.9. The van der Waals surface area contributed by atoms with Crippen molar-refractivity contribution in [1.29, 1.82) is 0 Å². The lowest BCUT2D eigenvalue weighted by Crippen LogP contribution is -2.36. The number of hydrogen-bond acceptors (Lipinski definition) is 5. The summed E-state index contributed by atoms with van der Waals surface area (Å²) in [5.74, 6) is 0.875. The van der Waals surface area contributed by atoms with Crippen molar-refractivity contribution >= 4 is 23.2 Å². The monoisotopic (exact) mass is 443 g/mol. The third kappa shape index (κ3) is 6.65. The van der Waals surface area contributed by atoms with E-state index in [0.29, 0.717) is 25.5 Å². The fourth-order valence-electron chi connectivity index (χ4n) is 2.98. The van der Waals surface area contributed by atoms with E-state index in [1.165, 1.54) is 17.4 Å². The minimum absolute atomic E-state index is 0.170. The molecular formula is C22H26FN5O2S. The van der Waals surface area contributed by atoms with Crippen LogP contribution in [-0.4, -0.2) is 35.8 Å². The summed E-state index contributed by atoms with van der Waals surface area (Å²) in [5.41, 5.74) is 2.26. The largest absolute Gasteiger partial charge is 0.497 e. The summed E-state index contributed by atoms with van der Waals surface area (Å²) in [4.78, 5) is 21.0. The van der Waals surface area contributed by atoms with Crippen LogP contribution in [0, 0.1) is 5.82 Å². The summed E-state index contributed by atoms with van der Waals surface area (Å²) < 4.78 is 20.5. The van der Waals surface area contributed by atoms with E-state index in [2.05, 4.69) is 30.6 Å². The van der Waals surface area contributed by atoms with Gasteiger partial charge in [0.2, 0.25) is 0 Å². The molecule has 0 aliphatic heterocycles. The van der Waals surface area contributed by atoms with Crippen LogP contribution in [0.15, 0.2) is 53.0 Å². The minimum atomic E-state index is -0.394. The number of nitrogens with one attached hydrogen (secondary N) is 2. The van der Waals surface area contributed by atoms with Gasteiger partial charge < -0.3 is 19.9 Å². The number of aromatic nitrogens is 2. The number of rotatable bonds is 9. The van der Waals surface area contributed by atoms with E-state index in [1.54, 1.807) is 13.2 Å². The predicted octanol–water partition coefficient (Wildman–Crippen LogP) is 3.62. The summed E-state index contributed by atoms with van der Waals surface area (Å²) in [5, 5.41) is 7.64. The SMILES string of the molecule is CCNC(=O)NCCCn1c(Cc2ccc(OC)cc2)csc1=Nc1ccc(F)cn1. The molecule has 0 aliphatic carbocycles. The number of pyridine rings is 1. The number of ether oxygens (including phenoxy) is 1. The van der Waals surface area contributed by atoms with Crippen molar-refractivity contribution in [3.8, 4) is 5.75 Å². The van der Waals surface area contributed by atoms with Gasteiger partial charge in [-0.25, -0.2) is 19.2 Å². The topological polar surface area (TPSA) is 80.5 Å². The van der Waals surface area contributed by atoms with Gasteiger partial charge in [-0.3, -0.25) is 0 Å². The molecule has 31 heavy (non-hydrogen) atoms. The van der Waals surface area contributed by atoms with Crippen LogP contribution in [0.4, 0.5) is 15.0 Å². The highest BCUT2D eigenvalue weighted by Crippen LogP contribution is 2.16. The van der Waals surface area contributed by atoms with E-state index in [1.807, 2.05) is 31.2 Å². The second kappa shape index (κ2) is 11.3. The molecule has 0 saturated heterocycles. The number of amides is 2. The van der Waals surface area contributed by atoms with Crippen molar-refractivity contribution in [1.82, 2.24) is 20.2 Å². The van der Waals surface area contributed by atoms with Crippen molar-refractivity contribution in [3.63, 3.8) is 0 Å². The molecule has 0 radical (unpaired) electrons. The van der Waals surface area contributed by atoms with Crippen LogP contribution in [0.25, 0.3) is 0 Å². The zero-order valence-electron chi connectivity index (χ0n) is 17.6. The number of halogens is 1. The minimum Gasteiger partial charge on any atom is -0.497 e.